The van der Waals surface area contributed by atoms with Gasteiger partial charge in [-0.05, 0) is 20.8 Å². The summed E-state index contributed by atoms with van der Waals surface area (Å²) in [6, 6.07) is 0. The first-order chi connectivity index (χ1) is 5.97. The van der Waals surface area contributed by atoms with Crippen LogP contribution in [0.5, 0.6) is 0 Å². The van der Waals surface area contributed by atoms with Crippen molar-refractivity contribution in [2.75, 3.05) is 13.2 Å². The fourth-order valence-corrected chi connectivity index (χ4v) is 1.54. The zero-order valence-electron chi connectivity index (χ0n) is 8.29. The second-order valence-corrected chi connectivity index (χ2v) is 3.81. The van der Waals surface area contributed by atoms with Gasteiger partial charge < -0.3 is 4.74 Å². The minimum atomic E-state index is -0.390. The quantitative estimate of drug-likeness (QED) is 0.616. The molecule has 1 saturated heterocycles. The third kappa shape index (κ3) is 1.99. The summed E-state index contributed by atoms with van der Waals surface area (Å²) in [4.78, 5) is 24.0. The van der Waals surface area contributed by atoms with Crippen molar-refractivity contribution in [2.24, 2.45) is 0 Å². The highest BCUT2D eigenvalue weighted by Crippen LogP contribution is 2.26. The fourth-order valence-electron chi connectivity index (χ4n) is 1.54. The molecule has 0 atom stereocenters. The van der Waals surface area contributed by atoms with E-state index in [9.17, 15) is 9.59 Å². The van der Waals surface area contributed by atoms with Gasteiger partial charge in [-0.1, -0.05) is 0 Å². The Hall–Kier alpha value is -1.06. The summed E-state index contributed by atoms with van der Waals surface area (Å²) in [5, 5.41) is 0. The molecule has 1 heterocycles. The molecular weight excluding hydrogens is 170 g/mol. The fraction of sp³-hybridized carbons (Fsp3) is 0.778. The molecule has 0 spiro atoms. The van der Waals surface area contributed by atoms with Crippen molar-refractivity contribution in [1.29, 1.82) is 0 Å². The molecule has 74 valence electrons. The molecule has 4 nitrogen and oxygen atoms in total. The lowest BCUT2D eigenvalue weighted by atomic mass is 10.0. The van der Waals surface area contributed by atoms with E-state index in [1.165, 1.54) is 4.90 Å². The van der Waals surface area contributed by atoms with Crippen LogP contribution in [-0.2, 0) is 9.53 Å². The average Bonchev–Trinajstić information content (AvgIpc) is 2.24. The highest BCUT2D eigenvalue weighted by molar-refractivity contribution is 5.89. The van der Waals surface area contributed by atoms with Crippen LogP contribution in [0.2, 0.25) is 0 Å². The molecule has 4 heteroatoms. The van der Waals surface area contributed by atoms with Crippen molar-refractivity contribution in [2.45, 2.75) is 32.7 Å². The molecule has 0 radical (unpaired) electrons. The minimum absolute atomic E-state index is 0.0954. The molecule has 0 aromatic heterocycles. The number of rotatable bonds is 1. The lowest BCUT2D eigenvalue weighted by Crippen LogP contribution is -2.42. The Bertz CT molecular complexity index is 235. The predicted molar refractivity (Wildman–Crippen MR) is 47.4 cm³/mol. The van der Waals surface area contributed by atoms with Gasteiger partial charge in [0, 0.05) is 12.0 Å². The molecule has 0 aromatic rings. The highest BCUT2D eigenvalue weighted by Gasteiger charge is 2.41. The van der Waals surface area contributed by atoms with Gasteiger partial charge in [-0.25, -0.2) is 4.79 Å². The Morgan fingerprint density at radius 3 is 2.62 bits per heavy atom. The maximum atomic E-state index is 11.4. The molecule has 0 N–H and O–H groups in total. The number of amides is 1. The zero-order chi connectivity index (χ0) is 10.1. The number of Topliss-reactive ketones (excluding diaryl/α,β-unsaturated/α-hetero) is 1. The van der Waals surface area contributed by atoms with E-state index in [1.807, 2.05) is 13.8 Å². The van der Waals surface area contributed by atoms with Crippen molar-refractivity contribution in [3.05, 3.63) is 0 Å². The van der Waals surface area contributed by atoms with Gasteiger partial charge in [0.15, 0.2) is 5.78 Å². The summed E-state index contributed by atoms with van der Waals surface area (Å²) in [7, 11) is 0. The van der Waals surface area contributed by atoms with E-state index < -0.39 is 6.09 Å². The Labute approximate surface area is 77.8 Å². The van der Waals surface area contributed by atoms with E-state index in [4.69, 9.17) is 4.74 Å². The van der Waals surface area contributed by atoms with Crippen LogP contribution in [0.25, 0.3) is 0 Å². The van der Waals surface area contributed by atoms with E-state index in [0.717, 1.165) is 0 Å². The van der Waals surface area contributed by atoms with Crippen LogP contribution in [0.1, 0.15) is 27.2 Å². The molecule has 0 unspecified atom stereocenters. The van der Waals surface area contributed by atoms with Gasteiger partial charge in [-0.3, -0.25) is 9.69 Å². The maximum Gasteiger partial charge on any atom is 0.410 e. The van der Waals surface area contributed by atoms with Crippen LogP contribution in [0, 0.1) is 0 Å². The molecular formula is C9H15NO3. The van der Waals surface area contributed by atoms with Crippen LogP contribution in [0.3, 0.4) is 0 Å². The summed E-state index contributed by atoms with van der Waals surface area (Å²) >= 11 is 0. The Morgan fingerprint density at radius 2 is 2.23 bits per heavy atom. The van der Waals surface area contributed by atoms with Crippen molar-refractivity contribution < 1.29 is 14.3 Å². The topological polar surface area (TPSA) is 46.6 Å². The Kier molecular flexibility index (Phi) is 2.59. The molecule has 0 bridgehead atoms. The number of nitrogens with zero attached hydrogens (tertiary/aromatic N) is 1. The average molecular weight is 185 g/mol. The third-order valence-electron chi connectivity index (χ3n) is 2.18. The van der Waals surface area contributed by atoms with Gasteiger partial charge in [0.1, 0.15) is 0 Å². The molecule has 1 amide bonds. The number of likely N-dealkylation sites (tertiary alicyclic amines) is 1. The van der Waals surface area contributed by atoms with Crippen molar-refractivity contribution in [1.82, 2.24) is 4.90 Å². The first-order valence-electron chi connectivity index (χ1n) is 4.43. The Morgan fingerprint density at radius 1 is 1.62 bits per heavy atom. The first kappa shape index (κ1) is 10.0. The third-order valence-corrected chi connectivity index (χ3v) is 2.18. The molecule has 0 aromatic carbocycles. The minimum Gasteiger partial charge on any atom is -0.450 e. The molecule has 1 fully saturated rings. The van der Waals surface area contributed by atoms with E-state index in [2.05, 4.69) is 0 Å². The van der Waals surface area contributed by atoms with Crippen LogP contribution in [0.4, 0.5) is 4.79 Å². The van der Waals surface area contributed by atoms with Gasteiger partial charge in [0.25, 0.3) is 0 Å². The van der Waals surface area contributed by atoms with Gasteiger partial charge in [0.05, 0.1) is 13.2 Å². The normalized spacial score (nSPS) is 20.5. The van der Waals surface area contributed by atoms with Crippen molar-refractivity contribution in [3.8, 4) is 0 Å². The van der Waals surface area contributed by atoms with Crippen molar-refractivity contribution >= 4 is 11.9 Å². The number of ketones is 1. The second-order valence-electron chi connectivity index (χ2n) is 3.81. The Balaban J connectivity index is 2.69. The molecule has 13 heavy (non-hydrogen) atoms. The summed E-state index contributed by atoms with van der Waals surface area (Å²) in [5.74, 6) is 0.0954. The van der Waals surface area contributed by atoms with Gasteiger partial charge in [-0.15, -0.1) is 0 Å². The molecule has 1 aliphatic rings. The van der Waals surface area contributed by atoms with Crippen LogP contribution in [-0.4, -0.2) is 35.5 Å². The number of carbonyl (C=O) groups excluding carboxylic acids is 2. The highest BCUT2D eigenvalue weighted by atomic mass is 16.6. The number of hydrogen-bond acceptors (Lipinski definition) is 3. The first-order valence-corrected chi connectivity index (χ1v) is 4.43. The van der Waals surface area contributed by atoms with E-state index in [-0.39, 0.29) is 17.9 Å². The van der Waals surface area contributed by atoms with Crippen LogP contribution < -0.4 is 0 Å². The van der Waals surface area contributed by atoms with E-state index in [1.54, 1.807) is 6.92 Å². The van der Waals surface area contributed by atoms with E-state index >= 15 is 0 Å². The summed E-state index contributed by atoms with van der Waals surface area (Å²) in [6.07, 6.45) is 0.0320. The van der Waals surface area contributed by atoms with Gasteiger partial charge in [0.2, 0.25) is 0 Å². The van der Waals surface area contributed by atoms with Crippen LogP contribution in [0.15, 0.2) is 0 Å². The predicted octanol–water partition coefficient (Wildman–Crippen LogP) is 1.20. The number of hydrogen-bond donors (Lipinski definition) is 0. The molecule has 0 saturated carbocycles. The SMILES string of the molecule is CCOC(=O)N1CC(=O)CC1(C)C. The molecule has 1 rings (SSSR count). The monoisotopic (exact) mass is 185 g/mol. The smallest absolute Gasteiger partial charge is 0.410 e. The number of ether oxygens (including phenoxy) is 1. The summed E-state index contributed by atoms with van der Waals surface area (Å²) in [5.41, 5.74) is -0.386. The standard InChI is InChI=1S/C9H15NO3/c1-4-13-8(12)10-6-7(11)5-9(10,2)3/h4-6H2,1-3H3. The molecule has 0 aliphatic carbocycles. The van der Waals surface area contributed by atoms with Crippen molar-refractivity contribution in [3.63, 3.8) is 0 Å². The second kappa shape index (κ2) is 3.36. The maximum absolute atomic E-state index is 11.4. The summed E-state index contributed by atoms with van der Waals surface area (Å²) in [6.45, 7) is 6.03. The molecule has 1 aliphatic heterocycles. The van der Waals surface area contributed by atoms with Crippen LogP contribution >= 0.6 is 0 Å². The zero-order valence-corrected chi connectivity index (χ0v) is 8.29. The number of carbonyl (C=O) groups is 2. The van der Waals surface area contributed by atoms with E-state index in [0.29, 0.717) is 13.0 Å². The van der Waals surface area contributed by atoms with Gasteiger partial charge in [-0.2, -0.15) is 0 Å². The summed E-state index contributed by atoms with van der Waals surface area (Å²) < 4.78 is 4.84. The lowest BCUT2D eigenvalue weighted by Gasteiger charge is -2.29. The van der Waals surface area contributed by atoms with Gasteiger partial charge >= 0.3 is 6.09 Å². The lowest BCUT2D eigenvalue weighted by molar-refractivity contribution is -0.117. The largest absolute Gasteiger partial charge is 0.450 e.